The second-order valence-electron chi connectivity index (χ2n) is 7.48. The molecule has 3 N–H and O–H groups in total. The summed E-state index contributed by atoms with van der Waals surface area (Å²) >= 11 is 19.3. The van der Waals surface area contributed by atoms with Crippen molar-refractivity contribution in [1.29, 1.82) is 0 Å². The Kier molecular flexibility index (Phi) is 6.92. The van der Waals surface area contributed by atoms with Crippen molar-refractivity contribution in [2.24, 2.45) is 0 Å². The molecule has 0 radical (unpaired) electrons. The zero-order valence-electron chi connectivity index (χ0n) is 18.0. The molecule has 0 aliphatic carbocycles. The summed E-state index contributed by atoms with van der Waals surface area (Å²) in [6, 6.07) is 9.08. The number of hydrogen-bond donors (Lipinski definition) is 2. The van der Waals surface area contributed by atoms with Gasteiger partial charge in [0.05, 0.1) is 44.4 Å². The minimum atomic E-state index is -0.927. The fourth-order valence-electron chi connectivity index (χ4n) is 3.98. The molecule has 5 nitrogen and oxygen atoms in total. The standard InChI is InChI=1S/C24H18Cl3FN2O3S/c1-3-15-17(24(32)33-2)16(11-5-4-6-13(26)19(11)28)18-20(29)22(34-23(18)30-15)21(31)10-7-8-12(25)14(27)9-10/h4-9,16,30H,3,29H2,1-2H3/t16-/m1/s1. The maximum absolute atomic E-state index is 15.2. The van der Waals surface area contributed by atoms with E-state index in [4.69, 9.17) is 45.3 Å². The minimum absolute atomic E-state index is 0.0965. The summed E-state index contributed by atoms with van der Waals surface area (Å²) in [5, 5.41) is 4.18. The lowest BCUT2D eigenvalue weighted by Crippen LogP contribution is -2.25. The lowest BCUT2D eigenvalue weighted by molar-refractivity contribution is -0.136. The molecule has 0 spiro atoms. The van der Waals surface area contributed by atoms with E-state index in [0.717, 1.165) is 11.3 Å². The average Bonchev–Trinajstić information content (AvgIpc) is 3.16. The lowest BCUT2D eigenvalue weighted by atomic mass is 9.81. The van der Waals surface area contributed by atoms with Crippen LogP contribution in [0.1, 0.15) is 45.6 Å². The number of carbonyl (C=O) groups excluding carboxylic acids is 2. The van der Waals surface area contributed by atoms with Crippen LogP contribution >= 0.6 is 46.1 Å². The number of fused-ring (bicyclic) bond motifs is 1. The van der Waals surface area contributed by atoms with Crippen molar-refractivity contribution in [3.8, 4) is 0 Å². The molecular weight excluding hydrogens is 522 g/mol. The molecule has 1 aromatic heterocycles. The van der Waals surface area contributed by atoms with E-state index < -0.39 is 17.7 Å². The summed E-state index contributed by atoms with van der Waals surface area (Å²) < 4.78 is 20.3. The van der Waals surface area contributed by atoms with Gasteiger partial charge in [-0.05, 0) is 30.7 Å². The van der Waals surface area contributed by atoms with Gasteiger partial charge in [-0.25, -0.2) is 9.18 Å². The normalized spacial score (nSPS) is 15.1. The van der Waals surface area contributed by atoms with Crippen molar-refractivity contribution in [2.45, 2.75) is 19.3 Å². The number of carbonyl (C=O) groups is 2. The number of esters is 1. The maximum Gasteiger partial charge on any atom is 0.336 e. The van der Waals surface area contributed by atoms with Crippen LogP contribution in [0.5, 0.6) is 0 Å². The molecule has 0 bridgehead atoms. The van der Waals surface area contributed by atoms with Gasteiger partial charge in [-0.1, -0.05) is 53.9 Å². The molecular formula is C24H18Cl3FN2O3S. The number of benzene rings is 2. The summed E-state index contributed by atoms with van der Waals surface area (Å²) in [4.78, 5) is 26.4. The molecule has 1 aliphatic heterocycles. The molecule has 0 fully saturated rings. The average molecular weight is 540 g/mol. The molecule has 0 unspecified atom stereocenters. The van der Waals surface area contributed by atoms with Gasteiger partial charge in [0.2, 0.25) is 5.78 Å². The van der Waals surface area contributed by atoms with E-state index in [0.29, 0.717) is 33.3 Å². The van der Waals surface area contributed by atoms with Crippen molar-refractivity contribution >= 4 is 68.6 Å². The van der Waals surface area contributed by atoms with Crippen molar-refractivity contribution in [1.82, 2.24) is 0 Å². The number of nitrogens with two attached hydrogens (primary N) is 1. The van der Waals surface area contributed by atoms with E-state index in [9.17, 15) is 9.59 Å². The van der Waals surface area contributed by atoms with E-state index in [2.05, 4.69) is 5.32 Å². The second-order valence-corrected chi connectivity index (χ2v) is 9.73. The summed E-state index contributed by atoms with van der Waals surface area (Å²) in [6.45, 7) is 1.85. The third-order valence-electron chi connectivity index (χ3n) is 5.59. The number of hydrogen-bond acceptors (Lipinski definition) is 6. The molecule has 3 aromatic rings. The molecule has 34 heavy (non-hydrogen) atoms. The van der Waals surface area contributed by atoms with E-state index in [1.54, 1.807) is 12.1 Å². The first-order valence-corrected chi connectivity index (χ1v) is 12.1. The molecule has 1 aliphatic rings. The van der Waals surface area contributed by atoms with Gasteiger partial charge in [0.1, 0.15) is 10.7 Å². The second kappa shape index (κ2) is 9.58. The van der Waals surface area contributed by atoms with Gasteiger partial charge in [0.25, 0.3) is 0 Å². The van der Waals surface area contributed by atoms with Gasteiger partial charge in [0, 0.05) is 22.4 Å². The summed E-state index contributed by atoms with van der Waals surface area (Å²) in [5.74, 6) is -2.62. The molecule has 1 atom stereocenters. The number of thiophene rings is 1. The highest BCUT2D eigenvalue weighted by atomic mass is 35.5. The third-order valence-corrected chi connectivity index (χ3v) is 7.76. The Morgan fingerprint density at radius 1 is 1.15 bits per heavy atom. The Bertz CT molecular complexity index is 1370. The quantitative estimate of drug-likeness (QED) is 0.268. The predicted octanol–water partition coefficient (Wildman–Crippen LogP) is 7.06. The van der Waals surface area contributed by atoms with Crippen LogP contribution in [0.15, 0.2) is 47.7 Å². The van der Waals surface area contributed by atoms with E-state index in [-0.39, 0.29) is 37.5 Å². The van der Waals surface area contributed by atoms with Crippen molar-refractivity contribution in [3.63, 3.8) is 0 Å². The first-order valence-electron chi connectivity index (χ1n) is 10.1. The van der Waals surface area contributed by atoms with E-state index in [1.165, 1.54) is 31.4 Å². The van der Waals surface area contributed by atoms with Crippen molar-refractivity contribution in [3.05, 3.63) is 90.1 Å². The Labute approximate surface area is 214 Å². The summed E-state index contributed by atoms with van der Waals surface area (Å²) in [6.07, 6.45) is 0.427. The van der Waals surface area contributed by atoms with Crippen LogP contribution in [-0.4, -0.2) is 18.9 Å². The number of allylic oxidation sites excluding steroid dienone is 1. The number of ketones is 1. The highest BCUT2D eigenvalue weighted by Gasteiger charge is 2.39. The number of halogens is 4. The van der Waals surface area contributed by atoms with Gasteiger partial charge < -0.3 is 15.8 Å². The number of ether oxygens (including phenoxy) is 1. The van der Waals surface area contributed by atoms with E-state index >= 15 is 4.39 Å². The van der Waals surface area contributed by atoms with Crippen LogP contribution in [0.3, 0.4) is 0 Å². The molecule has 0 saturated carbocycles. The Hall–Kier alpha value is -2.58. The molecule has 0 amide bonds. The van der Waals surface area contributed by atoms with Crippen LogP contribution in [0.4, 0.5) is 15.1 Å². The number of nitrogen functional groups attached to an aromatic ring is 1. The molecule has 176 valence electrons. The fraction of sp³-hybridized carbons (Fsp3) is 0.167. The largest absolute Gasteiger partial charge is 0.466 e. The minimum Gasteiger partial charge on any atom is -0.466 e. The summed E-state index contributed by atoms with van der Waals surface area (Å²) in [7, 11) is 1.25. The number of rotatable bonds is 5. The van der Waals surface area contributed by atoms with E-state index in [1.807, 2.05) is 6.92 Å². The smallest absolute Gasteiger partial charge is 0.336 e. The van der Waals surface area contributed by atoms with Crippen molar-refractivity contribution in [2.75, 3.05) is 18.2 Å². The van der Waals surface area contributed by atoms with Gasteiger partial charge in [-0.15, -0.1) is 11.3 Å². The monoisotopic (exact) mass is 538 g/mol. The van der Waals surface area contributed by atoms with Crippen molar-refractivity contribution < 1.29 is 18.7 Å². The Morgan fingerprint density at radius 3 is 2.53 bits per heavy atom. The molecule has 2 heterocycles. The molecule has 4 rings (SSSR count). The van der Waals surface area contributed by atoms with Crippen LogP contribution < -0.4 is 11.1 Å². The van der Waals surface area contributed by atoms with Gasteiger partial charge in [-0.2, -0.15) is 0 Å². The molecule has 10 heteroatoms. The van der Waals surface area contributed by atoms with Crippen LogP contribution in [0.2, 0.25) is 15.1 Å². The van der Waals surface area contributed by atoms with Crippen LogP contribution in [0.25, 0.3) is 0 Å². The maximum atomic E-state index is 15.2. The van der Waals surface area contributed by atoms with Crippen LogP contribution in [0, 0.1) is 5.82 Å². The van der Waals surface area contributed by atoms with Gasteiger partial charge in [0.15, 0.2) is 0 Å². The van der Waals surface area contributed by atoms with Crippen LogP contribution in [-0.2, 0) is 9.53 Å². The Balaban J connectivity index is 1.95. The zero-order chi connectivity index (χ0) is 24.7. The first kappa shape index (κ1) is 24.5. The first-order chi connectivity index (χ1) is 16.2. The fourth-order valence-corrected chi connectivity index (χ4v) is 5.61. The topological polar surface area (TPSA) is 81.4 Å². The number of methoxy groups -OCH3 is 1. The number of nitrogens with one attached hydrogen (secondary N) is 1. The molecule has 2 aromatic carbocycles. The molecule has 0 saturated heterocycles. The predicted molar refractivity (Wildman–Crippen MR) is 135 cm³/mol. The highest BCUT2D eigenvalue weighted by molar-refractivity contribution is 7.19. The SMILES string of the molecule is CCC1=C(C(=O)OC)[C@@H](c2cccc(Cl)c2F)c2c(sc(C(=O)c3ccc(Cl)c(Cl)c3)c2N)N1. The number of anilines is 2. The summed E-state index contributed by atoms with van der Waals surface area (Å²) in [5.41, 5.74) is 8.23. The highest BCUT2D eigenvalue weighted by Crippen LogP contribution is 2.51. The Morgan fingerprint density at radius 2 is 1.88 bits per heavy atom. The van der Waals surface area contributed by atoms with Gasteiger partial charge >= 0.3 is 5.97 Å². The van der Waals surface area contributed by atoms with Gasteiger partial charge in [-0.3, -0.25) is 4.79 Å². The zero-order valence-corrected chi connectivity index (χ0v) is 21.1. The third kappa shape index (κ3) is 4.07. The lowest BCUT2D eigenvalue weighted by Gasteiger charge is -2.29.